The van der Waals surface area contributed by atoms with E-state index >= 15 is 0 Å². The van der Waals surface area contributed by atoms with E-state index in [1.807, 2.05) is 6.92 Å². The third kappa shape index (κ3) is 7.58. The zero-order chi connectivity index (χ0) is 42.4. The van der Waals surface area contributed by atoms with Crippen molar-refractivity contribution in [2.45, 2.75) is 204 Å². The summed E-state index contributed by atoms with van der Waals surface area (Å²) < 4.78 is 24.3. The van der Waals surface area contributed by atoms with Gasteiger partial charge < -0.3 is 75.1 Å². The molecule has 0 spiro atoms. The molecular formula is C42H74O15. The Bertz CT molecular complexity index is 1390. The maximum atomic E-state index is 12.2. The lowest BCUT2D eigenvalue weighted by Crippen LogP contribution is -2.68. The molecule has 6 aliphatic rings. The van der Waals surface area contributed by atoms with Gasteiger partial charge in [-0.05, 0) is 124 Å². The van der Waals surface area contributed by atoms with Gasteiger partial charge in [-0.15, -0.1) is 0 Å². The molecule has 15 nitrogen and oxygen atoms in total. The molecule has 0 amide bonds. The van der Waals surface area contributed by atoms with E-state index in [-0.39, 0.29) is 46.3 Å². The predicted molar refractivity (Wildman–Crippen MR) is 204 cm³/mol. The van der Waals surface area contributed by atoms with Crippen LogP contribution in [-0.2, 0) is 18.9 Å². The molecule has 0 radical (unpaired) electrons. The van der Waals surface area contributed by atoms with Crippen molar-refractivity contribution in [1.82, 2.24) is 0 Å². The lowest BCUT2D eigenvalue weighted by Gasteiger charge is -2.70. The summed E-state index contributed by atoms with van der Waals surface area (Å²) in [6.07, 6.45) is -11.5. The summed E-state index contributed by atoms with van der Waals surface area (Å²) >= 11 is 0. The average molecular weight is 819 g/mol. The van der Waals surface area contributed by atoms with E-state index in [2.05, 4.69) is 34.6 Å². The van der Waals surface area contributed by atoms with Crippen LogP contribution >= 0.6 is 0 Å². The zero-order valence-electron chi connectivity index (χ0n) is 35.1. The quantitative estimate of drug-likeness (QED) is 0.126. The highest BCUT2D eigenvalue weighted by Gasteiger charge is 2.71. The van der Waals surface area contributed by atoms with Gasteiger partial charge in [0.05, 0.1) is 42.7 Å². The second-order valence-corrected chi connectivity index (χ2v) is 21.0. The summed E-state index contributed by atoms with van der Waals surface area (Å²) in [5, 5.41) is 118. The fourth-order valence-electron chi connectivity index (χ4n) is 13.4. The molecule has 1 unspecified atom stereocenters. The summed E-state index contributed by atoms with van der Waals surface area (Å²) in [6.45, 7) is 15.0. The first-order chi connectivity index (χ1) is 26.3. The fourth-order valence-corrected chi connectivity index (χ4v) is 13.4. The van der Waals surface area contributed by atoms with E-state index in [0.717, 1.165) is 32.1 Å². The monoisotopic (exact) mass is 819 g/mol. The molecule has 6 rings (SSSR count). The van der Waals surface area contributed by atoms with Crippen LogP contribution in [0.5, 0.6) is 0 Å². The third-order valence-corrected chi connectivity index (χ3v) is 17.1. The Balaban J connectivity index is 1.22. The SMILES string of the molecule is CC(C)(O)C(O)CC[C@](C)(O)[C@H]1CC[C@]2(C)[C@@H]1[C@H](O)C[C@@H]1[C@@]3(C)CC[C@H](O[C@@H]4O[C@H](CO)[C@@H](O)[C@H](O)[C@H]4O[C@@H]4O[C@H](CO)[C@@H](O)[C@H](O)[C@H]4O)C(C)(C)[C@@H]3CC[C@]12C. The summed E-state index contributed by atoms with van der Waals surface area (Å²) in [6, 6.07) is 0. The molecule has 4 saturated carbocycles. The van der Waals surface area contributed by atoms with Crippen LogP contribution in [0, 0.1) is 45.3 Å². The second kappa shape index (κ2) is 15.9. The minimum absolute atomic E-state index is 0.133. The second-order valence-electron chi connectivity index (χ2n) is 21.0. The van der Waals surface area contributed by atoms with Gasteiger partial charge in [0.25, 0.3) is 0 Å². The van der Waals surface area contributed by atoms with Crippen LogP contribution in [0.4, 0.5) is 0 Å². The van der Waals surface area contributed by atoms with Crippen molar-refractivity contribution in [3.8, 4) is 0 Å². The van der Waals surface area contributed by atoms with Gasteiger partial charge in [0.15, 0.2) is 12.6 Å². The molecule has 21 atom stereocenters. The van der Waals surface area contributed by atoms with Crippen LogP contribution < -0.4 is 0 Å². The highest BCUT2D eigenvalue weighted by molar-refractivity contribution is 5.20. The van der Waals surface area contributed by atoms with E-state index in [0.29, 0.717) is 19.3 Å². The van der Waals surface area contributed by atoms with Crippen LogP contribution in [0.25, 0.3) is 0 Å². The lowest BCUT2D eigenvalue weighted by molar-refractivity contribution is -0.378. The first kappa shape index (κ1) is 45.9. The Morgan fingerprint density at radius 3 is 1.86 bits per heavy atom. The smallest absolute Gasteiger partial charge is 0.187 e. The first-order valence-corrected chi connectivity index (χ1v) is 21.3. The van der Waals surface area contributed by atoms with Crippen molar-refractivity contribution in [1.29, 1.82) is 0 Å². The van der Waals surface area contributed by atoms with Gasteiger partial charge in [0.1, 0.15) is 48.8 Å². The molecule has 0 aromatic carbocycles. The lowest BCUT2D eigenvalue weighted by atomic mass is 9.35. The highest BCUT2D eigenvalue weighted by Crippen LogP contribution is 2.76. The Kier molecular flexibility index (Phi) is 12.8. The van der Waals surface area contributed by atoms with Crippen LogP contribution in [0.3, 0.4) is 0 Å². The fraction of sp³-hybridized carbons (Fsp3) is 1.00. The van der Waals surface area contributed by atoms with E-state index in [9.17, 15) is 56.2 Å². The summed E-state index contributed by atoms with van der Waals surface area (Å²) in [4.78, 5) is 0. The maximum Gasteiger partial charge on any atom is 0.187 e. The Morgan fingerprint density at radius 1 is 0.684 bits per heavy atom. The van der Waals surface area contributed by atoms with Crippen LogP contribution in [0.15, 0.2) is 0 Å². The largest absolute Gasteiger partial charge is 0.394 e. The first-order valence-electron chi connectivity index (χ1n) is 21.3. The van der Waals surface area contributed by atoms with Gasteiger partial charge in [0.2, 0.25) is 0 Å². The van der Waals surface area contributed by atoms with Crippen molar-refractivity contribution in [2.75, 3.05) is 13.2 Å². The number of hydrogen-bond donors (Lipinski definition) is 11. The van der Waals surface area contributed by atoms with Crippen molar-refractivity contribution in [2.24, 2.45) is 45.3 Å². The van der Waals surface area contributed by atoms with E-state index in [4.69, 9.17) is 18.9 Å². The average Bonchev–Trinajstić information content (AvgIpc) is 3.52. The van der Waals surface area contributed by atoms with Crippen LogP contribution in [0.2, 0.25) is 0 Å². The minimum atomic E-state index is -1.77. The van der Waals surface area contributed by atoms with Gasteiger partial charge in [-0.1, -0.05) is 34.6 Å². The summed E-state index contributed by atoms with van der Waals surface area (Å²) in [5.74, 6) is -0.00735. The van der Waals surface area contributed by atoms with Gasteiger partial charge in [-0.25, -0.2) is 0 Å². The van der Waals surface area contributed by atoms with Gasteiger partial charge >= 0.3 is 0 Å². The van der Waals surface area contributed by atoms with Gasteiger partial charge in [-0.3, -0.25) is 0 Å². The molecule has 4 aliphatic carbocycles. The molecule has 2 heterocycles. The highest BCUT2D eigenvalue weighted by atomic mass is 16.8. The molecule has 0 aromatic heterocycles. The molecule has 57 heavy (non-hydrogen) atoms. The van der Waals surface area contributed by atoms with Crippen molar-refractivity contribution in [3.05, 3.63) is 0 Å². The molecule has 2 aliphatic heterocycles. The summed E-state index contributed by atoms with van der Waals surface area (Å²) in [5.41, 5.74) is -3.50. The van der Waals surface area contributed by atoms with Crippen molar-refractivity contribution < 1.29 is 75.1 Å². The van der Waals surface area contributed by atoms with Gasteiger partial charge in [0, 0.05) is 0 Å². The van der Waals surface area contributed by atoms with Crippen LogP contribution in [0.1, 0.15) is 113 Å². The maximum absolute atomic E-state index is 12.2. The van der Waals surface area contributed by atoms with Crippen LogP contribution in [-0.4, -0.2) is 160 Å². The molecule has 0 bridgehead atoms. The standard InChI is InChI=1S/C42H74O15/c1-37(2)24-10-15-40(6)25(17-21(45)28-20(9-14-41(28,40)7)42(8,53)16-11-26(46)38(3,4)52)39(24,5)13-12-27(37)56-36-34(32(50)30(48)23(19-44)55-36)57-35-33(51)31(49)29(47)22(18-43)54-35/h20-36,43-53H,9-19H2,1-8H3/t20-,21+,22+,23+,24-,25+,26?,27-,28-,29+,30+,31-,32-,33+,34+,35-,36-,39-,40+,41+,42-/m0/s1. The van der Waals surface area contributed by atoms with Crippen molar-refractivity contribution >= 4 is 0 Å². The van der Waals surface area contributed by atoms with E-state index in [1.165, 1.54) is 0 Å². The predicted octanol–water partition coefficient (Wildman–Crippen LogP) is 0.315. The topological polar surface area (TPSA) is 259 Å². The molecule has 11 N–H and O–H groups in total. The zero-order valence-corrected chi connectivity index (χ0v) is 35.1. The number of fused-ring (bicyclic) bond motifs is 5. The molecule has 2 saturated heterocycles. The molecular weight excluding hydrogens is 744 g/mol. The molecule has 6 fully saturated rings. The number of rotatable bonds is 11. The Labute approximate surface area is 337 Å². The Morgan fingerprint density at radius 2 is 1.26 bits per heavy atom. The van der Waals surface area contributed by atoms with Crippen molar-refractivity contribution in [3.63, 3.8) is 0 Å². The Hall–Kier alpha value is -0.600. The number of hydrogen-bond acceptors (Lipinski definition) is 15. The number of aliphatic hydroxyl groups is 11. The molecule has 332 valence electrons. The van der Waals surface area contributed by atoms with E-state index in [1.54, 1.807) is 13.8 Å². The summed E-state index contributed by atoms with van der Waals surface area (Å²) in [7, 11) is 0. The third-order valence-electron chi connectivity index (χ3n) is 17.1. The van der Waals surface area contributed by atoms with E-state index < -0.39 is 110 Å². The minimum Gasteiger partial charge on any atom is -0.394 e. The molecule has 0 aromatic rings. The molecule has 15 heteroatoms. The number of aliphatic hydroxyl groups excluding tert-OH is 9. The van der Waals surface area contributed by atoms with Gasteiger partial charge in [-0.2, -0.15) is 0 Å². The number of ether oxygens (including phenoxy) is 4. The normalized spacial score (nSPS) is 51.6.